The predicted molar refractivity (Wildman–Crippen MR) is 124 cm³/mol. The Morgan fingerprint density at radius 3 is 2.23 bits per heavy atom. The number of carbonyl (C=O) groups excluding carboxylic acids is 1. The van der Waals surface area contributed by atoms with Crippen LogP contribution < -0.4 is 10.1 Å². The van der Waals surface area contributed by atoms with Crippen LogP contribution in [0.15, 0.2) is 67.0 Å². The number of benzene rings is 2. The summed E-state index contributed by atoms with van der Waals surface area (Å²) in [5, 5.41) is 4.21. The number of carbonyl (C=O) groups is 1. The van der Waals surface area contributed by atoms with E-state index in [-0.39, 0.29) is 23.9 Å². The summed E-state index contributed by atoms with van der Waals surface area (Å²) in [6.07, 6.45) is 3.61. The summed E-state index contributed by atoms with van der Waals surface area (Å²) in [6, 6.07) is 17.9. The maximum atomic E-state index is 13.0. The van der Waals surface area contributed by atoms with Gasteiger partial charge in [-0.3, -0.25) is 4.79 Å². The molecule has 162 valence electrons. The normalized spacial score (nSPS) is 13.3. The van der Waals surface area contributed by atoms with E-state index in [9.17, 15) is 4.79 Å². The topological polar surface area (TPSA) is 64.1 Å². The Morgan fingerprint density at radius 1 is 1.00 bits per heavy atom. The molecule has 1 aromatic heterocycles. The quantitative estimate of drug-likeness (QED) is 0.486. The van der Waals surface area contributed by atoms with Crippen LogP contribution in [0.5, 0.6) is 6.01 Å². The van der Waals surface area contributed by atoms with Gasteiger partial charge in [-0.1, -0.05) is 65.7 Å². The molecular weight excluding hydrogens is 433 g/mol. The van der Waals surface area contributed by atoms with Crippen LogP contribution in [0.1, 0.15) is 37.8 Å². The minimum Gasteiger partial charge on any atom is -0.447 e. The number of hydrogen-bond donors (Lipinski definition) is 1. The third kappa shape index (κ3) is 6.42. The van der Waals surface area contributed by atoms with Crippen molar-refractivity contribution < 1.29 is 9.53 Å². The van der Waals surface area contributed by atoms with Crippen molar-refractivity contribution in [3.8, 4) is 6.01 Å². The van der Waals surface area contributed by atoms with Crippen LogP contribution in [0.25, 0.3) is 0 Å². The Hall–Kier alpha value is -2.63. The van der Waals surface area contributed by atoms with Crippen LogP contribution in [-0.2, 0) is 11.2 Å². The average Bonchev–Trinajstić information content (AvgIpc) is 2.75. The van der Waals surface area contributed by atoms with Gasteiger partial charge in [0.1, 0.15) is 0 Å². The third-order valence-corrected chi connectivity index (χ3v) is 5.50. The van der Waals surface area contributed by atoms with Crippen LogP contribution in [0.4, 0.5) is 0 Å². The molecule has 1 N–H and O–H groups in total. The molecule has 0 unspecified atom stereocenters. The van der Waals surface area contributed by atoms with Gasteiger partial charge in [-0.15, -0.1) is 0 Å². The Kier molecular flexibility index (Phi) is 7.52. The number of halogens is 2. The molecule has 0 fully saturated rings. The fourth-order valence-electron chi connectivity index (χ4n) is 3.27. The first-order valence-corrected chi connectivity index (χ1v) is 10.8. The molecule has 0 radical (unpaired) electrons. The molecule has 7 heteroatoms. The zero-order valence-electron chi connectivity index (χ0n) is 17.7. The van der Waals surface area contributed by atoms with Gasteiger partial charge in [-0.05, 0) is 50.5 Å². The molecule has 1 heterocycles. The second-order valence-electron chi connectivity index (χ2n) is 7.91. The van der Waals surface area contributed by atoms with Gasteiger partial charge in [0.25, 0.3) is 5.91 Å². The summed E-state index contributed by atoms with van der Waals surface area (Å²) in [4.78, 5) is 21.1. The van der Waals surface area contributed by atoms with E-state index in [0.717, 1.165) is 17.5 Å². The average molecular weight is 458 g/mol. The summed E-state index contributed by atoms with van der Waals surface area (Å²) in [5.41, 5.74) is 1.12. The van der Waals surface area contributed by atoms with Crippen molar-refractivity contribution in [2.75, 3.05) is 0 Å². The molecule has 0 aliphatic heterocycles. The summed E-state index contributed by atoms with van der Waals surface area (Å²) < 4.78 is 5.73. The SMILES string of the molecule is C[C@H](NC(=O)C(C)(C)Oc1ncc(Cl)cn1)[C@@H](Cc1ccc(Cl)cc1)c1ccccc1. The molecule has 0 saturated heterocycles. The van der Waals surface area contributed by atoms with E-state index in [4.69, 9.17) is 27.9 Å². The summed E-state index contributed by atoms with van der Waals surface area (Å²) in [7, 11) is 0. The Balaban J connectivity index is 1.75. The highest BCUT2D eigenvalue weighted by Gasteiger charge is 2.33. The van der Waals surface area contributed by atoms with E-state index in [2.05, 4.69) is 27.4 Å². The Morgan fingerprint density at radius 2 is 1.61 bits per heavy atom. The van der Waals surface area contributed by atoms with E-state index in [1.807, 2.05) is 49.4 Å². The highest BCUT2D eigenvalue weighted by Crippen LogP contribution is 2.26. The molecule has 3 rings (SSSR count). The predicted octanol–water partition coefficient (Wildman–Crippen LogP) is 5.47. The standard InChI is InChI=1S/C24H25Cl2N3O2/c1-16(29-22(30)24(2,3)31-23-27-14-20(26)15-28-23)21(18-7-5-4-6-8-18)13-17-9-11-19(25)12-10-17/h4-12,14-16,21H,13H2,1-3H3,(H,29,30)/t16-,21+/m0/s1. The van der Waals surface area contributed by atoms with Gasteiger partial charge >= 0.3 is 6.01 Å². The lowest BCUT2D eigenvalue weighted by Crippen LogP contribution is -2.51. The lowest BCUT2D eigenvalue weighted by molar-refractivity contribution is -0.135. The van der Waals surface area contributed by atoms with Crippen molar-refractivity contribution in [1.29, 1.82) is 0 Å². The zero-order chi connectivity index (χ0) is 22.4. The van der Waals surface area contributed by atoms with Crippen LogP contribution >= 0.6 is 23.2 Å². The highest BCUT2D eigenvalue weighted by atomic mass is 35.5. The Labute approximate surface area is 192 Å². The number of ether oxygens (including phenoxy) is 1. The van der Waals surface area contributed by atoms with Crippen LogP contribution in [0.3, 0.4) is 0 Å². The first-order valence-electron chi connectivity index (χ1n) is 10.0. The summed E-state index contributed by atoms with van der Waals surface area (Å²) in [5.74, 6) is -0.190. The van der Waals surface area contributed by atoms with Crippen LogP contribution in [-0.4, -0.2) is 27.5 Å². The molecule has 0 spiro atoms. The highest BCUT2D eigenvalue weighted by molar-refractivity contribution is 6.30. The first kappa shape index (κ1) is 23.0. The van der Waals surface area contributed by atoms with E-state index in [1.165, 1.54) is 12.4 Å². The van der Waals surface area contributed by atoms with Gasteiger partial charge in [0.15, 0.2) is 5.60 Å². The van der Waals surface area contributed by atoms with E-state index in [0.29, 0.717) is 10.0 Å². The number of aromatic nitrogens is 2. The Bertz CT molecular complexity index is 994. The number of amides is 1. The molecule has 31 heavy (non-hydrogen) atoms. The first-order chi connectivity index (χ1) is 14.7. The molecular formula is C24H25Cl2N3O2. The van der Waals surface area contributed by atoms with Gasteiger partial charge in [-0.25, -0.2) is 9.97 Å². The van der Waals surface area contributed by atoms with Crippen molar-refractivity contribution in [1.82, 2.24) is 15.3 Å². The van der Waals surface area contributed by atoms with Gasteiger partial charge in [0.2, 0.25) is 0 Å². The molecule has 0 aliphatic carbocycles. The third-order valence-electron chi connectivity index (χ3n) is 5.05. The summed E-state index contributed by atoms with van der Waals surface area (Å²) >= 11 is 11.8. The molecule has 3 aromatic rings. The van der Waals surface area contributed by atoms with Gasteiger partial charge in [-0.2, -0.15) is 0 Å². The second-order valence-corrected chi connectivity index (χ2v) is 8.78. The van der Waals surface area contributed by atoms with Crippen molar-refractivity contribution in [3.05, 3.63) is 88.2 Å². The van der Waals surface area contributed by atoms with Crippen molar-refractivity contribution >= 4 is 29.1 Å². The lowest BCUT2D eigenvalue weighted by atomic mass is 9.86. The number of nitrogens with zero attached hydrogens (tertiary/aromatic N) is 2. The van der Waals surface area contributed by atoms with Crippen molar-refractivity contribution in [2.45, 2.75) is 44.8 Å². The van der Waals surface area contributed by atoms with Crippen molar-refractivity contribution in [2.24, 2.45) is 0 Å². The van der Waals surface area contributed by atoms with Gasteiger partial charge in [0.05, 0.1) is 17.4 Å². The maximum absolute atomic E-state index is 13.0. The molecule has 2 aromatic carbocycles. The molecule has 2 atom stereocenters. The number of hydrogen-bond acceptors (Lipinski definition) is 4. The minimum atomic E-state index is -1.16. The van der Waals surface area contributed by atoms with E-state index >= 15 is 0 Å². The van der Waals surface area contributed by atoms with Gasteiger partial charge < -0.3 is 10.1 Å². The fraction of sp³-hybridized carbons (Fsp3) is 0.292. The van der Waals surface area contributed by atoms with Crippen LogP contribution in [0, 0.1) is 0 Å². The van der Waals surface area contributed by atoms with Gasteiger partial charge in [0, 0.05) is 17.0 Å². The monoisotopic (exact) mass is 457 g/mol. The maximum Gasteiger partial charge on any atom is 0.317 e. The largest absolute Gasteiger partial charge is 0.447 e. The molecule has 0 aliphatic rings. The number of rotatable bonds is 8. The van der Waals surface area contributed by atoms with Crippen LogP contribution in [0.2, 0.25) is 10.0 Å². The fourth-order valence-corrected chi connectivity index (χ4v) is 3.49. The lowest BCUT2D eigenvalue weighted by Gasteiger charge is -2.30. The smallest absolute Gasteiger partial charge is 0.317 e. The zero-order valence-corrected chi connectivity index (χ0v) is 19.2. The molecule has 5 nitrogen and oxygen atoms in total. The van der Waals surface area contributed by atoms with Crippen molar-refractivity contribution in [3.63, 3.8) is 0 Å². The second kappa shape index (κ2) is 10.1. The molecule has 1 amide bonds. The molecule has 0 bridgehead atoms. The summed E-state index contributed by atoms with van der Waals surface area (Å²) in [6.45, 7) is 5.37. The van der Waals surface area contributed by atoms with E-state index in [1.54, 1.807) is 13.8 Å². The number of nitrogens with one attached hydrogen (secondary N) is 1. The minimum absolute atomic E-state index is 0.0638. The van der Waals surface area contributed by atoms with E-state index < -0.39 is 5.60 Å². The molecule has 0 saturated carbocycles.